The quantitative estimate of drug-likeness (QED) is 0.668. The molecule has 2 amide bonds. The highest BCUT2D eigenvalue weighted by Gasteiger charge is 2.26. The van der Waals surface area contributed by atoms with E-state index in [1.807, 2.05) is 6.92 Å². The first-order valence-corrected chi connectivity index (χ1v) is 5.72. The third-order valence-electron chi connectivity index (χ3n) is 2.76. The minimum Gasteiger partial charge on any atom is -0.354 e. The fourth-order valence-electron chi connectivity index (χ4n) is 1.85. The van der Waals surface area contributed by atoms with Crippen LogP contribution >= 0.6 is 0 Å². The lowest BCUT2D eigenvalue weighted by Crippen LogP contribution is -2.42. The molecule has 0 spiro atoms. The Labute approximate surface area is 99.2 Å². The number of nitrogens with zero attached hydrogens (tertiary/aromatic N) is 1. The topological polar surface area (TPSA) is 86.9 Å². The van der Waals surface area contributed by atoms with Gasteiger partial charge in [0.05, 0.1) is 0 Å². The van der Waals surface area contributed by atoms with Crippen LogP contribution in [-0.2, 0) is 16.0 Å². The lowest BCUT2D eigenvalue weighted by molar-refractivity contribution is -0.125. The number of H-pyrrole nitrogens is 1. The lowest BCUT2D eigenvalue weighted by Gasteiger charge is -2.10. The standard InChI is InChI=1S/C11H16N4O2/c1-7-13-6-8(14-7)4-5-12-11(17)9-2-3-10(16)15-9/h6,9H,2-5H2,1H3,(H,12,17)(H,13,14)(H,15,16). The third kappa shape index (κ3) is 3.05. The molecule has 0 aliphatic carbocycles. The van der Waals surface area contributed by atoms with E-state index in [1.54, 1.807) is 6.20 Å². The maximum Gasteiger partial charge on any atom is 0.242 e. The molecule has 1 aromatic heterocycles. The van der Waals surface area contributed by atoms with Crippen LogP contribution < -0.4 is 10.6 Å². The van der Waals surface area contributed by atoms with Crippen molar-refractivity contribution in [1.82, 2.24) is 20.6 Å². The Balaban J connectivity index is 1.71. The van der Waals surface area contributed by atoms with Gasteiger partial charge in [0.15, 0.2) is 0 Å². The molecule has 1 aliphatic heterocycles. The van der Waals surface area contributed by atoms with Crippen LogP contribution in [0.4, 0.5) is 0 Å². The first-order chi connectivity index (χ1) is 8.15. The van der Waals surface area contributed by atoms with Crippen molar-refractivity contribution in [2.24, 2.45) is 0 Å². The molecule has 1 atom stereocenters. The van der Waals surface area contributed by atoms with E-state index in [1.165, 1.54) is 0 Å². The van der Waals surface area contributed by atoms with E-state index in [2.05, 4.69) is 20.6 Å². The summed E-state index contributed by atoms with van der Waals surface area (Å²) in [7, 11) is 0. The Kier molecular flexibility index (Phi) is 3.41. The van der Waals surface area contributed by atoms with E-state index in [0.717, 1.165) is 11.5 Å². The highest BCUT2D eigenvalue weighted by Crippen LogP contribution is 2.06. The van der Waals surface area contributed by atoms with E-state index in [9.17, 15) is 9.59 Å². The lowest BCUT2D eigenvalue weighted by atomic mass is 10.2. The molecule has 0 saturated carbocycles. The summed E-state index contributed by atoms with van der Waals surface area (Å²) in [6, 6.07) is -0.356. The van der Waals surface area contributed by atoms with E-state index < -0.39 is 0 Å². The van der Waals surface area contributed by atoms with Gasteiger partial charge in [-0.15, -0.1) is 0 Å². The molecule has 17 heavy (non-hydrogen) atoms. The second-order valence-electron chi connectivity index (χ2n) is 4.19. The Morgan fingerprint density at radius 2 is 2.47 bits per heavy atom. The van der Waals surface area contributed by atoms with E-state index >= 15 is 0 Å². The zero-order chi connectivity index (χ0) is 12.3. The number of hydrogen-bond donors (Lipinski definition) is 3. The molecular formula is C11H16N4O2. The Bertz CT molecular complexity index is 427. The number of carbonyl (C=O) groups excluding carboxylic acids is 2. The second kappa shape index (κ2) is 4.99. The number of aromatic amines is 1. The molecule has 0 aromatic carbocycles. The third-order valence-corrected chi connectivity index (χ3v) is 2.76. The van der Waals surface area contributed by atoms with E-state index in [-0.39, 0.29) is 17.9 Å². The van der Waals surface area contributed by atoms with Crippen molar-refractivity contribution >= 4 is 11.8 Å². The van der Waals surface area contributed by atoms with Crippen molar-refractivity contribution in [2.45, 2.75) is 32.2 Å². The molecule has 6 nitrogen and oxygen atoms in total. The molecule has 1 fully saturated rings. The van der Waals surface area contributed by atoms with Gasteiger partial charge in [-0.1, -0.05) is 0 Å². The van der Waals surface area contributed by atoms with Gasteiger partial charge in [-0.25, -0.2) is 4.98 Å². The second-order valence-corrected chi connectivity index (χ2v) is 4.19. The maximum atomic E-state index is 11.6. The average molecular weight is 236 g/mol. The SMILES string of the molecule is Cc1ncc(CCNC(=O)C2CCC(=O)N2)[nH]1. The molecule has 1 aromatic rings. The first kappa shape index (κ1) is 11.6. The van der Waals surface area contributed by atoms with Crippen molar-refractivity contribution < 1.29 is 9.59 Å². The summed E-state index contributed by atoms with van der Waals surface area (Å²) in [6.07, 6.45) is 3.51. The molecule has 92 valence electrons. The number of amides is 2. The number of carbonyl (C=O) groups is 2. The summed E-state index contributed by atoms with van der Waals surface area (Å²) < 4.78 is 0. The fraction of sp³-hybridized carbons (Fsp3) is 0.545. The summed E-state index contributed by atoms with van der Waals surface area (Å²) >= 11 is 0. The molecular weight excluding hydrogens is 220 g/mol. The van der Waals surface area contributed by atoms with Gasteiger partial charge in [-0.05, 0) is 13.3 Å². The van der Waals surface area contributed by atoms with Crippen LogP contribution in [0.15, 0.2) is 6.20 Å². The van der Waals surface area contributed by atoms with Crippen LogP contribution in [0.1, 0.15) is 24.4 Å². The van der Waals surface area contributed by atoms with Gasteiger partial charge >= 0.3 is 0 Å². The van der Waals surface area contributed by atoms with Crippen LogP contribution in [0.2, 0.25) is 0 Å². The highest BCUT2D eigenvalue weighted by molar-refractivity contribution is 5.90. The Morgan fingerprint density at radius 3 is 3.06 bits per heavy atom. The zero-order valence-corrected chi connectivity index (χ0v) is 9.75. The van der Waals surface area contributed by atoms with Gasteiger partial charge in [-0.2, -0.15) is 0 Å². The van der Waals surface area contributed by atoms with E-state index in [0.29, 0.717) is 25.8 Å². The van der Waals surface area contributed by atoms with Crippen molar-refractivity contribution in [2.75, 3.05) is 6.54 Å². The van der Waals surface area contributed by atoms with E-state index in [4.69, 9.17) is 0 Å². The molecule has 1 saturated heterocycles. The Hall–Kier alpha value is -1.85. The maximum absolute atomic E-state index is 11.6. The van der Waals surface area contributed by atoms with Crippen LogP contribution in [0, 0.1) is 6.92 Å². The predicted molar refractivity (Wildman–Crippen MR) is 61.2 cm³/mol. The van der Waals surface area contributed by atoms with Crippen LogP contribution in [0.5, 0.6) is 0 Å². The molecule has 2 rings (SSSR count). The average Bonchev–Trinajstić information content (AvgIpc) is 2.88. The van der Waals surface area contributed by atoms with Crippen LogP contribution in [0.3, 0.4) is 0 Å². The largest absolute Gasteiger partial charge is 0.354 e. The minimum atomic E-state index is -0.356. The number of rotatable bonds is 4. The molecule has 6 heteroatoms. The van der Waals surface area contributed by atoms with Crippen molar-refractivity contribution in [1.29, 1.82) is 0 Å². The summed E-state index contributed by atoms with van der Waals surface area (Å²) in [6.45, 7) is 2.43. The summed E-state index contributed by atoms with van der Waals surface area (Å²) in [5, 5.41) is 5.44. The fourth-order valence-corrected chi connectivity index (χ4v) is 1.85. The molecule has 1 unspecified atom stereocenters. The van der Waals surface area contributed by atoms with Gasteiger partial charge in [0.2, 0.25) is 11.8 Å². The van der Waals surface area contributed by atoms with Crippen molar-refractivity contribution in [3.05, 3.63) is 17.7 Å². The molecule has 0 bridgehead atoms. The molecule has 3 N–H and O–H groups in total. The monoisotopic (exact) mass is 236 g/mol. The van der Waals surface area contributed by atoms with Gasteiger partial charge in [0, 0.05) is 31.3 Å². The first-order valence-electron chi connectivity index (χ1n) is 5.72. The van der Waals surface area contributed by atoms with Gasteiger partial charge in [-0.3, -0.25) is 9.59 Å². The number of aromatic nitrogens is 2. The van der Waals surface area contributed by atoms with Gasteiger partial charge in [0.1, 0.15) is 11.9 Å². The summed E-state index contributed by atoms with van der Waals surface area (Å²) in [4.78, 5) is 29.8. The molecule has 1 aliphatic rings. The van der Waals surface area contributed by atoms with Crippen molar-refractivity contribution in [3.8, 4) is 0 Å². The summed E-state index contributed by atoms with van der Waals surface area (Å²) in [5.41, 5.74) is 0.998. The number of imidazole rings is 1. The predicted octanol–water partition coefficient (Wildman–Crippen LogP) is -0.345. The highest BCUT2D eigenvalue weighted by atomic mass is 16.2. The van der Waals surface area contributed by atoms with Gasteiger partial charge in [0.25, 0.3) is 0 Å². The zero-order valence-electron chi connectivity index (χ0n) is 9.75. The minimum absolute atomic E-state index is 0.0469. The van der Waals surface area contributed by atoms with Crippen LogP contribution in [-0.4, -0.2) is 34.4 Å². The molecule has 0 radical (unpaired) electrons. The van der Waals surface area contributed by atoms with Crippen molar-refractivity contribution in [3.63, 3.8) is 0 Å². The number of nitrogens with one attached hydrogen (secondary N) is 3. The normalized spacial score (nSPS) is 19.1. The Morgan fingerprint density at radius 1 is 1.65 bits per heavy atom. The van der Waals surface area contributed by atoms with Crippen LogP contribution in [0.25, 0.3) is 0 Å². The number of aryl methyl sites for hydroxylation is 1. The number of hydrogen-bond acceptors (Lipinski definition) is 3. The smallest absolute Gasteiger partial charge is 0.242 e. The van der Waals surface area contributed by atoms with Gasteiger partial charge < -0.3 is 15.6 Å². The molecule has 2 heterocycles. The summed E-state index contributed by atoms with van der Waals surface area (Å²) in [5.74, 6) is 0.718.